The molecule has 2 fully saturated rings. The Morgan fingerprint density at radius 1 is 1.13 bits per heavy atom. The lowest BCUT2D eigenvalue weighted by Gasteiger charge is -2.48. The number of ether oxygens (including phenoxy) is 1. The Hall–Kier alpha value is -2.60. The number of fused-ring (bicyclic) bond motifs is 4. The zero-order valence-electron chi connectivity index (χ0n) is 18.1. The van der Waals surface area contributed by atoms with Crippen molar-refractivity contribution in [1.29, 1.82) is 0 Å². The third kappa shape index (κ3) is 3.89. The van der Waals surface area contributed by atoms with E-state index >= 15 is 0 Å². The van der Waals surface area contributed by atoms with Crippen LogP contribution in [-0.4, -0.2) is 48.7 Å². The highest BCUT2D eigenvalue weighted by Crippen LogP contribution is 2.43. The summed E-state index contributed by atoms with van der Waals surface area (Å²) in [6.45, 7) is 3.32. The van der Waals surface area contributed by atoms with Crippen molar-refractivity contribution in [2.24, 2.45) is 11.8 Å². The number of likely N-dealkylation sites (tertiary alicyclic amines) is 1. The van der Waals surface area contributed by atoms with E-state index in [2.05, 4.69) is 28.4 Å². The Bertz CT molecular complexity index is 1010. The van der Waals surface area contributed by atoms with E-state index in [1.165, 1.54) is 0 Å². The molecule has 3 aliphatic rings. The van der Waals surface area contributed by atoms with Crippen LogP contribution in [0.5, 0.6) is 5.75 Å². The first kappa shape index (κ1) is 20.3. The molecule has 3 atom stereocenters. The number of carbonyl (C=O) groups excluding carboxylic acids is 1. The molecule has 0 aliphatic carbocycles. The first-order valence-corrected chi connectivity index (χ1v) is 11.5. The second-order valence-electron chi connectivity index (χ2n) is 9.24. The van der Waals surface area contributed by atoms with Crippen molar-refractivity contribution < 1.29 is 9.53 Å². The number of aromatic nitrogens is 1. The molecule has 31 heavy (non-hydrogen) atoms. The fraction of sp³-hybridized carbons (Fsp3) is 0.520. The highest BCUT2D eigenvalue weighted by Gasteiger charge is 2.42. The summed E-state index contributed by atoms with van der Waals surface area (Å²) in [4.78, 5) is 28.4. The number of pyridine rings is 1. The monoisotopic (exact) mass is 421 g/mol. The Labute approximate surface area is 183 Å². The molecule has 6 nitrogen and oxygen atoms in total. The number of carbonyl (C=O) groups is 1. The van der Waals surface area contributed by atoms with Crippen molar-refractivity contribution in [2.75, 3.05) is 33.3 Å². The van der Waals surface area contributed by atoms with Gasteiger partial charge in [0.1, 0.15) is 5.75 Å². The minimum atomic E-state index is 0.0516. The van der Waals surface area contributed by atoms with Gasteiger partial charge in [-0.3, -0.25) is 9.59 Å². The Morgan fingerprint density at radius 3 is 2.74 bits per heavy atom. The van der Waals surface area contributed by atoms with Crippen molar-refractivity contribution in [3.8, 4) is 5.75 Å². The molecule has 2 aromatic rings. The van der Waals surface area contributed by atoms with Crippen LogP contribution in [0.1, 0.15) is 42.5 Å². The summed E-state index contributed by atoms with van der Waals surface area (Å²) >= 11 is 0. The number of nitrogens with one attached hydrogen (secondary N) is 1. The number of piperidine rings is 2. The summed E-state index contributed by atoms with van der Waals surface area (Å²) in [7, 11) is 1.68. The molecule has 4 heterocycles. The summed E-state index contributed by atoms with van der Waals surface area (Å²) in [5, 5.41) is 3.36. The molecule has 5 rings (SSSR count). The molecule has 0 spiro atoms. The minimum Gasteiger partial charge on any atom is -0.497 e. The maximum Gasteiger partial charge on any atom is 0.251 e. The van der Waals surface area contributed by atoms with Crippen LogP contribution in [0.15, 0.2) is 47.3 Å². The van der Waals surface area contributed by atoms with Gasteiger partial charge in [0.15, 0.2) is 0 Å². The predicted molar refractivity (Wildman–Crippen MR) is 119 cm³/mol. The van der Waals surface area contributed by atoms with E-state index in [1.807, 2.05) is 22.8 Å². The number of nitrogens with zero attached hydrogens (tertiary/aromatic N) is 2. The van der Waals surface area contributed by atoms with E-state index in [9.17, 15) is 9.59 Å². The quantitative estimate of drug-likeness (QED) is 0.824. The first-order chi connectivity index (χ1) is 15.1. The summed E-state index contributed by atoms with van der Waals surface area (Å²) in [5.41, 5.74) is 2.31. The number of methoxy groups -OCH3 is 1. The highest BCUT2D eigenvalue weighted by molar-refractivity contribution is 5.79. The van der Waals surface area contributed by atoms with E-state index in [1.54, 1.807) is 13.2 Å². The molecule has 0 saturated carbocycles. The standard InChI is InChI=1S/C25H31N3O3/c1-31-21-5-2-4-17(12-21)13-23-20-14-19(22-6-3-7-24(29)28(22)23)15-27(16-20)25(30)18-8-10-26-11-9-18/h2-7,12,18-20,23,26H,8-11,13-16H2,1H3/t19-,20+,23+/m1/s1. The molecular weight excluding hydrogens is 390 g/mol. The molecule has 1 aromatic carbocycles. The zero-order chi connectivity index (χ0) is 21.4. The minimum absolute atomic E-state index is 0.0516. The van der Waals surface area contributed by atoms with Crippen LogP contribution in [0.2, 0.25) is 0 Å². The van der Waals surface area contributed by atoms with Gasteiger partial charge in [0.25, 0.3) is 5.56 Å². The molecular formula is C25H31N3O3. The number of hydrogen-bond donors (Lipinski definition) is 1. The number of benzene rings is 1. The van der Waals surface area contributed by atoms with E-state index < -0.39 is 0 Å². The van der Waals surface area contributed by atoms with Crippen molar-refractivity contribution in [3.63, 3.8) is 0 Å². The van der Waals surface area contributed by atoms with Crippen LogP contribution in [0.25, 0.3) is 0 Å². The van der Waals surface area contributed by atoms with E-state index in [0.29, 0.717) is 5.91 Å². The Morgan fingerprint density at radius 2 is 1.94 bits per heavy atom. The van der Waals surface area contributed by atoms with Gasteiger partial charge in [-0.2, -0.15) is 0 Å². The molecule has 2 bridgehead atoms. The van der Waals surface area contributed by atoms with Gasteiger partial charge in [0.05, 0.1) is 7.11 Å². The molecule has 2 saturated heterocycles. The smallest absolute Gasteiger partial charge is 0.251 e. The lowest BCUT2D eigenvalue weighted by molar-refractivity contribution is -0.139. The fourth-order valence-corrected chi connectivity index (χ4v) is 5.85. The zero-order valence-corrected chi connectivity index (χ0v) is 18.1. The van der Waals surface area contributed by atoms with Crippen LogP contribution in [-0.2, 0) is 11.2 Å². The van der Waals surface area contributed by atoms with Crippen molar-refractivity contribution in [3.05, 3.63) is 64.1 Å². The second kappa shape index (κ2) is 8.50. The lowest BCUT2D eigenvalue weighted by atomic mass is 9.76. The average molecular weight is 422 g/mol. The maximum absolute atomic E-state index is 13.3. The summed E-state index contributed by atoms with van der Waals surface area (Å²) in [6, 6.07) is 13.8. The van der Waals surface area contributed by atoms with Gasteiger partial charge < -0.3 is 19.5 Å². The van der Waals surface area contributed by atoms with E-state index in [4.69, 9.17) is 4.74 Å². The number of rotatable bonds is 4. The third-order valence-electron chi connectivity index (χ3n) is 7.38. The van der Waals surface area contributed by atoms with Crippen LogP contribution >= 0.6 is 0 Å². The SMILES string of the molecule is COc1cccc(C[C@H]2[C@H]3C[C@H](CN(C(=O)C4CCNCC4)C3)c3cccc(=O)n32)c1. The number of hydrogen-bond acceptors (Lipinski definition) is 4. The summed E-state index contributed by atoms with van der Waals surface area (Å²) in [5.74, 6) is 1.79. The Kier molecular flexibility index (Phi) is 5.57. The van der Waals surface area contributed by atoms with Gasteiger partial charge in [0, 0.05) is 42.7 Å². The summed E-state index contributed by atoms with van der Waals surface area (Å²) < 4.78 is 7.43. The van der Waals surface area contributed by atoms with Crippen LogP contribution in [0.4, 0.5) is 0 Å². The molecule has 164 valence electrons. The van der Waals surface area contributed by atoms with Crippen molar-refractivity contribution in [1.82, 2.24) is 14.8 Å². The average Bonchev–Trinajstić information content (AvgIpc) is 2.82. The normalized spacial score (nSPS) is 25.7. The van der Waals surface area contributed by atoms with Crippen molar-refractivity contribution in [2.45, 2.75) is 37.6 Å². The number of amides is 1. The predicted octanol–water partition coefficient (Wildman–Crippen LogP) is 2.59. The topological polar surface area (TPSA) is 63.6 Å². The van der Waals surface area contributed by atoms with E-state index in [0.717, 1.165) is 68.9 Å². The maximum atomic E-state index is 13.3. The molecule has 3 aliphatic heterocycles. The molecule has 1 aromatic heterocycles. The molecule has 6 heteroatoms. The fourth-order valence-electron chi connectivity index (χ4n) is 5.85. The highest BCUT2D eigenvalue weighted by atomic mass is 16.5. The second-order valence-corrected chi connectivity index (χ2v) is 9.24. The van der Waals surface area contributed by atoms with Gasteiger partial charge in [-0.25, -0.2) is 0 Å². The Balaban J connectivity index is 1.47. The third-order valence-corrected chi connectivity index (χ3v) is 7.38. The molecule has 0 unspecified atom stereocenters. The van der Waals surface area contributed by atoms with Crippen LogP contribution in [0.3, 0.4) is 0 Å². The van der Waals surface area contributed by atoms with Gasteiger partial charge in [-0.1, -0.05) is 18.2 Å². The molecule has 1 amide bonds. The largest absolute Gasteiger partial charge is 0.497 e. The van der Waals surface area contributed by atoms with E-state index in [-0.39, 0.29) is 29.4 Å². The lowest BCUT2D eigenvalue weighted by Crippen LogP contribution is -2.53. The molecule has 0 radical (unpaired) electrons. The van der Waals surface area contributed by atoms with Gasteiger partial charge in [-0.15, -0.1) is 0 Å². The molecule has 1 N–H and O–H groups in total. The van der Waals surface area contributed by atoms with Gasteiger partial charge in [-0.05, 0) is 68.5 Å². The first-order valence-electron chi connectivity index (χ1n) is 11.5. The van der Waals surface area contributed by atoms with Gasteiger partial charge >= 0.3 is 0 Å². The van der Waals surface area contributed by atoms with Crippen LogP contribution < -0.4 is 15.6 Å². The summed E-state index contributed by atoms with van der Waals surface area (Å²) in [6.07, 6.45) is 3.65. The van der Waals surface area contributed by atoms with Gasteiger partial charge in [0.2, 0.25) is 5.91 Å². The van der Waals surface area contributed by atoms with Crippen LogP contribution in [0, 0.1) is 11.8 Å². The van der Waals surface area contributed by atoms with Crippen molar-refractivity contribution >= 4 is 5.91 Å².